The Morgan fingerprint density at radius 3 is 2.17 bits per heavy atom. The Balaban J connectivity index is 1.40. The van der Waals surface area contributed by atoms with Gasteiger partial charge >= 0.3 is 0 Å². The summed E-state index contributed by atoms with van der Waals surface area (Å²) >= 11 is 1.38. The van der Waals surface area contributed by atoms with Gasteiger partial charge in [0.15, 0.2) is 0 Å². The largest absolute Gasteiger partial charge is 0.496 e. The number of methoxy groups -OCH3 is 1. The van der Waals surface area contributed by atoms with E-state index in [2.05, 4.69) is 16.0 Å². The van der Waals surface area contributed by atoms with Gasteiger partial charge in [0, 0.05) is 27.4 Å². The van der Waals surface area contributed by atoms with Crippen LogP contribution in [0, 0.1) is 13.8 Å². The van der Waals surface area contributed by atoms with E-state index in [0.29, 0.717) is 22.6 Å². The third-order valence-corrected chi connectivity index (χ3v) is 8.76. The molecule has 0 aliphatic heterocycles. The molecule has 0 aliphatic rings. The van der Waals surface area contributed by atoms with E-state index in [-0.39, 0.29) is 11.6 Å². The predicted molar refractivity (Wildman–Crippen MR) is 190 cm³/mol. The number of carbonyl (C=O) groups is 3. The van der Waals surface area contributed by atoms with Crippen molar-refractivity contribution in [2.45, 2.75) is 24.0 Å². The zero-order valence-corrected chi connectivity index (χ0v) is 27.1. The number of nitrogens with one attached hydrogen (secondary N) is 3. The van der Waals surface area contributed by atoms with Crippen LogP contribution in [0.3, 0.4) is 0 Å². The minimum Gasteiger partial charge on any atom is -0.496 e. The van der Waals surface area contributed by atoms with Crippen molar-refractivity contribution in [2.75, 3.05) is 17.7 Å². The van der Waals surface area contributed by atoms with E-state index in [1.54, 1.807) is 55.7 Å². The highest BCUT2D eigenvalue weighted by Crippen LogP contribution is 2.37. The number of anilines is 2. The summed E-state index contributed by atoms with van der Waals surface area (Å²) in [6, 6.07) is 38.6. The number of benzene rings is 5. The maximum absolute atomic E-state index is 13.7. The number of thioether (sulfide) groups is 1. The van der Waals surface area contributed by atoms with Crippen molar-refractivity contribution in [3.63, 3.8) is 0 Å². The van der Waals surface area contributed by atoms with Gasteiger partial charge in [-0.3, -0.25) is 14.4 Å². The van der Waals surface area contributed by atoms with Crippen molar-refractivity contribution in [1.82, 2.24) is 5.32 Å². The quantitative estimate of drug-likeness (QED) is 0.0998. The second kappa shape index (κ2) is 15.6. The zero-order valence-electron chi connectivity index (χ0n) is 26.3. The topological polar surface area (TPSA) is 96.5 Å². The summed E-state index contributed by atoms with van der Waals surface area (Å²) in [6.07, 6.45) is 1.58. The molecule has 0 spiro atoms. The van der Waals surface area contributed by atoms with E-state index in [1.807, 2.05) is 98.8 Å². The van der Waals surface area contributed by atoms with Gasteiger partial charge in [0.05, 0.1) is 7.11 Å². The molecule has 1 atom stereocenters. The van der Waals surface area contributed by atoms with Gasteiger partial charge in [-0.2, -0.15) is 0 Å². The molecule has 0 saturated heterocycles. The van der Waals surface area contributed by atoms with E-state index in [4.69, 9.17) is 4.74 Å². The number of carbonyl (C=O) groups excluding carboxylic acids is 3. The van der Waals surface area contributed by atoms with E-state index >= 15 is 0 Å². The van der Waals surface area contributed by atoms with Gasteiger partial charge in [-0.15, -0.1) is 11.8 Å². The molecule has 5 aromatic rings. The average Bonchev–Trinajstić information content (AvgIpc) is 3.10. The van der Waals surface area contributed by atoms with E-state index in [9.17, 15) is 14.4 Å². The van der Waals surface area contributed by atoms with E-state index in [1.165, 1.54) is 11.8 Å². The lowest BCUT2D eigenvalue weighted by atomic mass is 10.1. The van der Waals surface area contributed by atoms with E-state index < -0.39 is 17.1 Å². The molecule has 1 unspecified atom stereocenters. The van der Waals surface area contributed by atoms with Crippen LogP contribution in [-0.4, -0.2) is 24.8 Å². The van der Waals surface area contributed by atoms with Crippen molar-refractivity contribution in [1.29, 1.82) is 0 Å². The molecule has 5 aromatic carbocycles. The maximum Gasteiger partial charge on any atom is 0.272 e. The Morgan fingerprint density at radius 1 is 0.745 bits per heavy atom. The van der Waals surface area contributed by atoms with Crippen LogP contribution in [0.5, 0.6) is 5.75 Å². The van der Waals surface area contributed by atoms with Gasteiger partial charge in [0.25, 0.3) is 11.8 Å². The molecule has 0 saturated carbocycles. The SMILES string of the molecule is COc1ccccc1/C=C(/NC(=O)c1ccccc1)C(=O)Nc1cccc(SC(C(=O)Nc2cccc(C)c2C)c2ccccc2)c1. The monoisotopic (exact) mass is 641 g/mol. The van der Waals surface area contributed by atoms with Crippen LogP contribution in [0.15, 0.2) is 138 Å². The molecule has 8 heteroatoms. The molecule has 5 rings (SSSR count). The highest BCUT2D eigenvalue weighted by molar-refractivity contribution is 8.00. The van der Waals surface area contributed by atoms with Crippen LogP contribution in [0.25, 0.3) is 6.08 Å². The number of aryl methyl sites for hydroxylation is 1. The Bertz CT molecular complexity index is 1910. The van der Waals surface area contributed by atoms with Crippen LogP contribution >= 0.6 is 11.8 Å². The second-order valence-corrected chi connectivity index (χ2v) is 11.9. The van der Waals surface area contributed by atoms with Crippen LogP contribution in [0.2, 0.25) is 0 Å². The van der Waals surface area contributed by atoms with Crippen LogP contribution < -0.4 is 20.7 Å². The molecule has 0 heterocycles. The second-order valence-electron chi connectivity index (χ2n) is 10.7. The Labute approximate surface area is 279 Å². The lowest BCUT2D eigenvalue weighted by Crippen LogP contribution is -2.30. The first kappa shape index (κ1) is 32.8. The fraction of sp³-hybridized carbons (Fsp3) is 0.103. The normalized spacial score (nSPS) is 11.7. The third kappa shape index (κ3) is 8.56. The van der Waals surface area contributed by atoms with Crippen molar-refractivity contribution in [3.8, 4) is 5.75 Å². The lowest BCUT2D eigenvalue weighted by molar-refractivity contribution is -0.116. The van der Waals surface area contributed by atoms with Crippen LogP contribution in [0.1, 0.15) is 37.9 Å². The molecule has 3 amide bonds. The summed E-state index contributed by atoms with van der Waals surface area (Å²) in [5.74, 6) is -0.549. The number of hydrogen-bond acceptors (Lipinski definition) is 5. The number of ether oxygens (including phenoxy) is 1. The van der Waals surface area contributed by atoms with Gasteiger partial charge in [0.2, 0.25) is 5.91 Å². The van der Waals surface area contributed by atoms with Gasteiger partial charge in [-0.1, -0.05) is 84.9 Å². The zero-order chi connectivity index (χ0) is 33.2. The highest BCUT2D eigenvalue weighted by Gasteiger charge is 2.23. The molecule has 0 aliphatic carbocycles. The first-order valence-corrected chi connectivity index (χ1v) is 15.9. The third-order valence-electron chi connectivity index (χ3n) is 7.52. The summed E-state index contributed by atoms with van der Waals surface area (Å²) in [5, 5.41) is 8.23. The molecule has 0 fully saturated rings. The summed E-state index contributed by atoms with van der Waals surface area (Å²) in [6.45, 7) is 4.00. The predicted octanol–water partition coefficient (Wildman–Crippen LogP) is 8.19. The standard InChI is InChI=1S/C39H35N3O4S/c1-26-14-12-22-33(27(26)2)41-39(45)36(28-15-6-4-7-16-28)47-32-21-13-20-31(25-32)40-38(44)34(24-30-19-10-11-23-35(30)46-3)42-37(43)29-17-8-5-9-18-29/h4-25,36H,1-3H3,(H,40,44)(H,41,45)(H,42,43)/b34-24+. The maximum atomic E-state index is 13.7. The van der Waals surface area contributed by atoms with Gasteiger partial charge in [-0.25, -0.2) is 0 Å². The van der Waals surface area contributed by atoms with Crippen molar-refractivity contribution >= 4 is 46.9 Å². The van der Waals surface area contributed by atoms with Crippen molar-refractivity contribution in [3.05, 3.63) is 161 Å². The summed E-state index contributed by atoms with van der Waals surface area (Å²) in [7, 11) is 1.54. The average molecular weight is 642 g/mol. The molecule has 236 valence electrons. The summed E-state index contributed by atoms with van der Waals surface area (Å²) < 4.78 is 5.47. The number of hydrogen-bond donors (Lipinski definition) is 3. The van der Waals surface area contributed by atoms with Gasteiger partial charge in [-0.05, 0) is 79.1 Å². The Kier molecular flexibility index (Phi) is 10.9. The number of rotatable bonds is 11. The lowest BCUT2D eigenvalue weighted by Gasteiger charge is -2.19. The highest BCUT2D eigenvalue weighted by atomic mass is 32.2. The first-order chi connectivity index (χ1) is 22.8. The molecule has 0 radical (unpaired) electrons. The van der Waals surface area contributed by atoms with Crippen molar-refractivity contribution in [2.24, 2.45) is 0 Å². The minimum absolute atomic E-state index is 0.0384. The van der Waals surface area contributed by atoms with Gasteiger partial charge in [0.1, 0.15) is 16.7 Å². The van der Waals surface area contributed by atoms with Crippen LogP contribution in [-0.2, 0) is 9.59 Å². The Morgan fingerprint density at radius 2 is 1.43 bits per heavy atom. The first-order valence-electron chi connectivity index (χ1n) is 15.0. The molecular formula is C39H35N3O4S. The summed E-state index contributed by atoms with van der Waals surface area (Å²) in [5.41, 5.74) is 5.30. The number of para-hydroxylation sites is 1. The molecular weight excluding hydrogens is 607 g/mol. The summed E-state index contributed by atoms with van der Waals surface area (Å²) in [4.78, 5) is 41.3. The smallest absolute Gasteiger partial charge is 0.272 e. The van der Waals surface area contributed by atoms with Gasteiger partial charge < -0.3 is 20.7 Å². The Hall–Kier alpha value is -5.60. The fourth-order valence-electron chi connectivity index (χ4n) is 4.85. The fourth-order valence-corrected chi connectivity index (χ4v) is 5.93. The van der Waals surface area contributed by atoms with Crippen molar-refractivity contribution < 1.29 is 19.1 Å². The molecule has 0 bridgehead atoms. The molecule has 0 aromatic heterocycles. The molecule has 47 heavy (non-hydrogen) atoms. The molecule has 7 nitrogen and oxygen atoms in total. The van der Waals surface area contributed by atoms with Crippen LogP contribution in [0.4, 0.5) is 11.4 Å². The minimum atomic E-state index is -0.562. The molecule has 3 N–H and O–H groups in total. The number of amides is 3. The van der Waals surface area contributed by atoms with E-state index in [0.717, 1.165) is 27.3 Å².